The molecule has 1 aromatic rings. The molecule has 0 amide bonds. The van der Waals surface area contributed by atoms with Crippen LogP contribution in [-0.4, -0.2) is 43.8 Å². The van der Waals surface area contributed by atoms with Gasteiger partial charge >= 0.3 is 0 Å². The predicted molar refractivity (Wildman–Crippen MR) is 74.6 cm³/mol. The molecule has 4 heteroatoms. The summed E-state index contributed by atoms with van der Waals surface area (Å²) in [5.41, 5.74) is 5.81. The Kier molecular flexibility index (Phi) is 5.59. The average molecular weight is 256 g/mol. The summed E-state index contributed by atoms with van der Waals surface area (Å²) in [5.74, 6) is 0. The van der Waals surface area contributed by atoms with Gasteiger partial charge in [0.1, 0.15) is 0 Å². The van der Waals surface area contributed by atoms with Crippen molar-refractivity contribution in [1.82, 2.24) is 4.90 Å². The Morgan fingerprint density at radius 3 is 2.76 bits per heavy atom. The van der Waals surface area contributed by atoms with Crippen LogP contribution >= 0.6 is 11.3 Å². The quantitative estimate of drug-likeness (QED) is 0.810. The summed E-state index contributed by atoms with van der Waals surface area (Å²) in [6.45, 7) is 5.84. The van der Waals surface area contributed by atoms with Crippen molar-refractivity contribution in [2.45, 2.75) is 31.9 Å². The van der Waals surface area contributed by atoms with E-state index in [0.717, 1.165) is 13.0 Å². The minimum atomic E-state index is -0.105. The average Bonchev–Trinajstić information content (AvgIpc) is 2.86. The molecule has 0 saturated heterocycles. The molecule has 1 heterocycles. The third kappa shape index (κ3) is 3.52. The number of rotatable bonds is 7. The van der Waals surface area contributed by atoms with Gasteiger partial charge in [-0.15, -0.1) is 11.3 Å². The van der Waals surface area contributed by atoms with Crippen molar-refractivity contribution in [3.63, 3.8) is 0 Å². The fraction of sp³-hybridized carbons (Fsp3) is 0.692. The molecule has 0 spiro atoms. The number of nitrogens with two attached hydrogens (primary N) is 1. The van der Waals surface area contributed by atoms with Gasteiger partial charge in [-0.3, -0.25) is 4.90 Å². The van der Waals surface area contributed by atoms with E-state index in [1.54, 1.807) is 7.11 Å². The molecular formula is C13H24N2OS. The van der Waals surface area contributed by atoms with Crippen molar-refractivity contribution in [3.05, 3.63) is 22.4 Å². The second kappa shape index (κ2) is 6.50. The molecule has 2 atom stereocenters. The highest BCUT2D eigenvalue weighted by atomic mass is 32.1. The van der Waals surface area contributed by atoms with E-state index >= 15 is 0 Å². The van der Waals surface area contributed by atoms with E-state index in [1.165, 1.54) is 4.88 Å². The maximum Gasteiger partial charge on any atom is 0.0736 e. The summed E-state index contributed by atoms with van der Waals surface area (Å²) in [7, 11) is 3.86. The van der Waals surface area contributed by atoms with Gasteiger partial charge in [0.05, 0.1) is 11.6 Å². The monoisotopic (exact) mass is 256 g/mol. The van der Waals surface area contributed by atoms with Crippen molar-refractivity contribution in [1.29, 1.82) is 0 Å². The van der Waals surface area contributed by atoms with Crippen molar-refractivity contribution in [2.75, 3.05) is 27.2 Å². The number of hydrogen-bond donors (Lipinski definition) is 1. The molecule has 0 radical (unpaired) electrons. The Bertz CT molecular complexity index is 315. The van der Waals surface area contributed by atoms with Gasteiger partial charge < -0.3 is 10.5 Å². The van der Waals surface area contributed by atoms with E-state index in [2.05, 4.69) is 43.3 Å². The van der Waals surface area contributed by atoms with Gasteiger partial charge in [-0.1, -0.05) is 6.07 Å². The Balaban J connectivity index is 2.57. The summed E-state index contributed by atoms with van der Waals surface area (Å²) in [4.78, 5) is 3.72. The molecule has 3 nitrogen and oxygen atoms in total. The van der Waals surface area contributed by atoms with Crippen LogP contribution in [0.2, 0.25) is 0 Å². The maximum absolute atomic E-state index is 5.91. The third-order valence-corrected chi connectivity index (χ3v) is 4.72. The van der Waals surface area contributed by atoms with Crippen LogP contribution in [0.5, 0.6) is 0 Å². The lowest BCUT2D eigenvalue weighted by Gasteiger charge is -2.42. The topological polar surface area (TPSA) is 38.5 Å². The van der Waals surface area contributed by atoms with Crippen molar-refractivity contribution >= 4 is 11.3 Å². The lowest BCUT2D eigenvalue weighted by atomic mass is 9.93. The first-order chi connectivity index (χ1) is 8.04. The highest BCUT2D eigenvalue weighted by molar-refractivity contribution is 7.09. The van der Waals surface area contributed by atoms with E-state index in [0.29, 0.717) is 6.54 Å². The minimum absolute atomic E-state index is 0.105. The largest absolute Gasteiger partial charge is 0.380 e. The Hall–Kier alpha value is -0.420. The van der Waals surface area contributed by atoms with Crippen LogP contribution in [0.3, 0.4) is 0 Å². The van der Waals surface area contributed by atoms with Gasteiger partial charge in [0.2, 0.25) is 0 Å². The fourth-order valence-corrected chi connectivity index (χ4v) is 2.57. The molecule has 0 fully saturated rings. The second-order valence-corrected chi connectivity index (χ2v) is 5.72. The van der Waals surface area contributed by atoms with Gasteiger partial charge in [-0.05, 0) is 38.8 Å². The van der Waals surface area contributed by atoms with Crippen LogP contribution in [0.1, 0.15) is 18.7 Å². The summed E-state index contributed by atoms with van der Waals surface area (Å²) in [6.07, 6.45) is 1.20. The van der Waals surface area contributed by atoms with E-state index in [1.807, 2.05) is 11.3 Å². The first-order valence-electron chi connectivity index (χ1n) is 6.01. The van der Waals surface area contributed by atoms with Crippen LogP contribution in [0.4, 0.5) is 0 Å². The van der Waals surface area contributed by atoms with Crippen LogP contribution in [0, 0.1) is 0 Å². The number of hydrogen-bond acceptors (Lipinski definition) is 4. The highest BCUT2D eigenvalue weighted by Crippen LogP contribution is 2.20. The maximum atomic E-state index is 5.91. The molecule has 2 unspecified atom stereocenters. The molecule has 1 aromatic heterocycles. The van der Waals surface area contributed by atoms with Crippen molar-refractivity contribution in [3.8, 4) is 0 Å². The lowest BCUT2D eigenvalue weighted by molar-refractivity contribution is -0.0189. The minimum Gasteiger partial charge on any atom is -0.380 e. The highest BCUT2D eigenvalue weighted by Gasteiger charge is 2.33. The van der Waals surface area contributed by atoms with E-state index < -0.39 is 0 Å². The van der Waals surface area contributed by atoms with Crippen molar-refractivity contribution in [2.24, 2.45) is 5.73 Å². The zero-order chi connectivity index (χ0) is 12.9. The first kappa shape index (κ1) is 14.6. The molecule has 0 aromatic carbocycles. The number of thiophene rings is 1. The number of likely N-dealkylation sites (N-methyl/N-ethyl adjacent to an activating group) is 1. The summed E-state index contributed by atoms with van der Waals surface area (Å²) >= 11 is 1.81. The Labute approximate surface area is 109 Å². The zero-order valence-electron chi connectivity index (χ0n) is 11.3. The molecule has 0 bridgehead atoms. The van der Waals surface area contributed by atoms with Gasteiger partial charge in [-0.25, -0.2) is 0 Å². The van der Waals surface area contributed by atoms with E-state index in [4.69, 9.17) is 10.5 Å². The smallest absolute Gasteiger partial charge is 0.0736 e. The predicted octanol–water partition coefficient (Wildman–Crippen LogP) is 1.97. The molecule has 0 aliphatic carbocycles. The molecule has 0 saturated carbocycles. The van der Waals surface area contributed by atoms with Gasteiger partial charge in [0.25, 0.3) is 0 Å². The fourth-order valence-electron chi connectivity index (χ4n) is 1.87. The first-order valence-corrected chi connectivity index (χ1v) is 6.89. The molecule has 2 N–H and O–H groups in total. The standard InChI is InChI=1S/C13H24N2OS/c1-11(16-4)13(2,10-14)15(3)8-7-12-6-5-9-17-12/h5-6,9,11H,7-8,10,14H2,1-4H3. The third-order valence-electron chi connectivity index (χ3n) is 3.79. The van der Waals surface area contributed by atoms with Crippen LogP contribution in [-0.2, 0) is 11.2 Å². The normalized spacial score (nSPS) is 17.1. The summed E-state index contributed by atoms with van der Waals surface area (Å²) in [6, 6.07) is 4.28. The van der Waals surface area contributed by atoms with E-state index in [9.17, 15) is 0 Å². The number of methoxy groups -OCH3 is 1. The summed E-state index contributed by atoms with van der Waals surface area (Å²) in [5, 5.41) is 2.12. The molecule has 98 valence electrons. The lowest BCUT2D eigenvalue weighted by Crippen LogP contribution is -2.57. The van der Waals surface area contributed by atoms with E-state index in [-0.39, 0.29) is 11.6 Å². The van der Waals surface area contributed by atoms with Crippen LogP contribution in [0.15, 0.2) is 17.5 Å². The second-order valence-electron chi connectivity index (χ2n) is 4.69. The number of nitrogens with zero attached hydrogens (tertiary/aromatic N) is 1. The molecule has 0 aliphatic rings. The van der Waals surface area contributed by atoms with Gasteiger partial charge in [0, 0.05) is 25.1 Å². The van der Waals surface area contributed by atoms with Crippen LogP contribution < -0.4 is 5.73 Å². The van der Waals surface area contributed by atoms with Gasteiger partial charge in [0.15, 0.2) is 0 Å². The molecule has 0 aliphatic heterocycles. The van der Waals surface area contributed by atoms with Gasteiger partial charge in [-0.2, -0.15) is 0 Å². The zero-order valence-corrected chi connectivity index (χ0v) is 12.1. The molecule has 1 rings (SSSR count). The summed E-state index contributed by atoms with van der Waals surface area (Å²) < 4.78 is 5.45. The molecular weight excluding hydrogens is 232 g/mol. The van der Waals surface area contributed by atoms with Crippen molar-refractivity contribution < 1.29 is 4.74 Å². The Morgan fingerprint density at radius 1 is 1.59 bits per heavy atom. The molecule has 17 heavy (non-hydrogen) atoms. The van der Waals surface area contributed by atoms with Crippen LogP contribution in [0.25, 0.3) is 0 Å². The Morgan fingerprint density at radius 2 is 2.29 bits per heavy atom. The number of ether oxygens (including phenoxy) is 1. The SMILES string of the molecule is COC(C)C(C)(CN)N(C)CCc1cccs1.